The first kappa shape index (κ1) is 15.4. The standard InChI is InChI=1S/C13H19F2NOS/c1-2-6-16-11(9-17)5-7-18-13-4-3-10(14)8-12(13)15/h3-4,8,11,16-17H,2,5-7,9H2,1H3. The molecule has 1 rings (SSSR count). The molecule has 2 N–H and O–H groups in total. The van der Waals surface area contributed by atoms with E-state index in [-0.39, 0.29) is 12.6 Å². The van der Waals surface area contributed by atoms with Gasteiger partial charge in [-0.2, -0.15) is 0 Å². The van der Waals surface area contributed by atoms with Gasteiger partial charge in [-0.25, -0.2) is 8.78 Å². The summed E-state index contributed by atoms with van der Waals surface area (Å²) < 4.78 is 26.0. The Balaban J connectivity index is 2.35. The number of hydrogen-bond donors (Lipinski definition) is 2. The Kier molecular flexibility index (Phi) is 7.23. The highest BCUT2D eigenvalue weighted by Crippen LogP contribution is 2.23. The zero-order valence-corrected chi connectivity index (χ0v) is 11.3. The van der Waals surface area contributed by atoms with E-state index < -0.39 is 11.6 Å². The quantitative estimate of drug-likeness (QED) is 0.716. The van der Waals surface area contributed by atoms with Gasteiger partial charge in [0.05, 0.1) is 6.61 Å². The van der Waals surface area contributed by atoms with Gasteiger partial charge in [-0.1, -0.05) is 6.92 Å². The maximum Gasteiger partial charge on any atom is 0.139 e. The van der Waals surface area contributed by atoms with Crippen molar-refractivity contribution in [2.45, 2.75) is 30.7 Å². The number of aliphatic hydroxyl groups excluding tert-OH is 1. The molecule has 0 aromatic heterocycles. The molecular formula is C13H19F2NOS. The average Bonchev–Trinajstić information content (AvgIpc) is 2.36. The highest BCUT2D eigenvalue weighted by Gasteiger charge is 2.08. The van der Waals surface area contributed by atoms with Crippen LogP contribution >= 0.6 is 11.8 Å². The van der Waals surface area contributed by atoms with E-state index in [0.29, 0.717) is 10.6 Å². The molecule has 1 aromatic rings. The zero-order valence-electron chi connectivity index (χ0n) is 10.5. The summed E-state index contributed by atoms with van der Waals surface area (Å²) in [5, 5.41) is 12.4. The molecular weight excluding hydrogens is 256 g/mol. The van der Waals surface area contributed by atoms with Crippen LogP contribution in [0, 0.1) is 11.6 Å². The van der Waals surface area contributed by atoms with E-state index in [4.69, 9.17) is 5.11 Å². The molecule has 0 spiro atoms. The molecule has 0 aliphatic rings. The van der Waals surface area contributed by atoms with Crippen molar-refractivity contribution in [2.75, 3.05) is 18.9 Å². The third-order valence-electron chi connectivity index (χ3n) is 2.52. The molecule has 1 atom stereocenters. The minimum absolute atomic E-state index is 0.0426. The van der Waals surface area contributed by atoms with Crippen LogP contribution < -0.4 is 5.32 Å². The Morgan fingerprint density at radius 3 is 2.78 bits per heavy atom. The first-order valence-corrected chi connectivity index (χ1v) is 7.08. The third-order valence-corrected chi connectivity index (χ3v) is 3.60. The van der Waals surface area contributed by atoms with Gasteiger partial charge in [0.1, 0.15) is 11.6 Å². The lowest BCUT2D eigenvalue weighted by Crippen LogP contribution is -2.33. The highest BCUT2D eigenvalue weighted by molar-refractivity contribution is 7.99. The van der Waals surface area contributed by atoms with Gasteiger partial charge >= 0.3 is 0 Å². The first-order valence-electron chi connectivity index (χ1n) is 6.09. The molecule has 102 valence electrons. The Labute approximate surface area is 111 Å². The molecule has 0 aliphatic carbocycles. The summed E-state index contributed by atoms with van der Waals surface area (Å²) in [6.45, 7) is 3.00. The lowest BCUT2D eigenvalue weighted by molar-refractivity contribution is 0.240. The van der Waals surface area contributed by atoms with Crippen molar-refractivity contribution < 1.29 is 13.9 Å². The molecule has 1 unspecified atom stereocenters. The Morgan fingerprint density at radius 1 is 1.39 bits per heavy atom. The highest BCUT2D eigenvalue weighted by atomic mass is 32.2. The number of rotatable bonds is 8. The van der Waals surface area contributed by atoms with E-state index in [1.54, 1.807) is 0 Å². The van der Waals surface area contributed by atoms with Gasteiger partial charge in [0.15, 0.2) is 0 Å². The van der Waals surface area contributed by atoms with Crippen LogP contribution in [0.1, 0.15) is 19.8 Å². The lowest BCUT2D eigenvalue weighted by Gasteiger charge is -2.15. The molecule has 0 fully saturated rings. The fourth-order valence-corrected chi connectivity index (χ4v) is 2.49. The summed E-state index contributed by atoms with van der Waals surface area (Å²) in [6, 6.07) is 3.63. The second kappa shape index (κ2) is 8.45. The summed E-state index contributed by atoms with van der Waals surface area (Å²) in [6.07, 6.45) is 1.76. The number of benzene rings is 1. The molecule has 0 aliphatic heterocycles. The van der Waals surface area contributed by atoms with E-state index in [0.717, 1.165) is 25.5 Å². The molecule has 0 bridgehead atoms. The number of aliphatic hydroxyl groups is 1. The van der Waals surface area contributed by atoms with Crippen LogP contribution in [-0.4, -0.2) is 30.1 Å². The van der Waals surface area contributed by atoms with Gasteiger partial charge in [-0.15, -0.1) is 11.8 Å². The molecule has 0 amide bonds. The number of hydrogen-bond acceptors (Lipinski definition) is 3. The van der Waals surface area contributed by atoms with E-state index in [9.17, 15) is 8.78 Å². The van der Waals surface area contributed by atoms with Crippen molar-refractivity contribution in [3.63, 3.8) is 0 Å². The SMILES string of the molecule is CCCNC(CO)CCSc1ccc(F)cc1F. The van der Waals surface area contributed by atoms with Crippen molar-refractivity contribution in [2.24, 2.45) is 0 Å². The van der Waals surface area contributed by atoms with Crippen LogP contribution in [0.2, 0.25) is 0 Å². The van der Waals surface area contributed by atoms with Crippen LogP contribution in [0.4, 0.5) is 8.78 Å². The monoisotopic (exact) mass is 275 g/mol. The molecule has 5 heteroatoms. The van der Waals surface area contributed by atoms with Crippen molar-refractivity contribution in [3.8, 4) is 0 Å². The van der Waals surface area contributed by atoms with E-state index in [2.05, 4.69) is 12.2 Å². The number of halogens is 2. The smallest absolute Gasteiger partial charge is 0.139 e. The molecule has 0 radical (unpaired) electrons. The topological polar surface area (TPSA) is 32.3 Å². The summed E-state index contributed by atoms with van der Waals surface area (Å²) in [5.41, 5.74) is 0. The van der Waals surface area contributed by atoms with Crippen LogP contribution in [0.15, 0.2) is 23.1 Å². The molecule has 0 saturated heterocycles. The zero-order chi connectivity index (χ0) is 13.4. The maximum atomic E-state index is 13.3. The normalized spacial score (nSPS) is 12.7. The third kappa shape index (κ3) is 5.33. The largest absolute Gasteiger partial charge is 0.395 e. The van der Waals surface area contributed by atoms with Gasteiger partial charge in [-0.3, -0.25) is 0 Å². The molecule has 18 heavy (non-hydrogen) atoms. The van der Waals surface area contributed by atoms with E-state index in [1.807, 2.05) is 0 Å². The van der Waals surface area contributed by atoms with Gasteiger partial charge in [0.2, 0.25) is 0 Å². The second-order valence-corrected chi connectivity index (χ2v) is 5.18. The van der Waals surface area contributed by atoms with Crippen molar-refractivity contribution in [1.82, 2.24) is 5.32 Å². The summed E-state index contributed by atoms with van der Waals surface area (Å²) in [4.78, 5) is 0.448. The van der Waals surface area contributed by atoms with Crippen molar-refractivity contribution >= 4 is 11.8 Å². The van der Waals surface area contributed by atoms with E-state index in [1.165, 1.54) is 23.9 Å². The summed E-state index contributed by atoms with van der Waals surface area (Å²) in [5.74, 6) is -0.401. The van der Waals surface area contributed by atoms with Crippen LogP contribution in [0.5, 0.6) is 0 Å². The van der Waals surface area contributed by atoms with Crippen molar-refractivity contribution in [3.05, 3.63) is 29.8 Å². The summed E-state index contributed by atoms with van der Waals surface area (Å²) in [7, 11) is 0. The predicted molar refractivity (Wildman–Crippen MR) is 70.9 cm³/mol. The average molecular weight is 275 g/mol. The number of nitrogens with one attached hydrogen (secondary N) is 1. The fraction of sp³-hybridized carbons (Fsp3) is 0.538. The second-order valence-electron chi connectivity index (χ2n) is 4.05. The maximum absolute atomic E-state index is 13.3. The lowest BCUT2D eigenvalue weighted by atomic mass is 10.2. The number of thioether (sulfide) groups is 1. The predicted octanol–water partition coefficient (Wildman–Crippen LogP) is 2.81. The van der Waals surface area contributed by atoms with Crippen LogP contribution in [0.3, 0.4) is 0 Å². The van der Waals surface area contributed by atoms with Crippen LogP contribution in [-0.2, 0) is 0 Å². The summed E-state index contributed by atoms with van der Waals surface area (Å²) >= 11 is 1.34. The van der Waals surface area contributed by atoms with Gasteiger partial charge in [0, 0.05) is 17.0 Å². The van der Waals surface area contributed by atoms with Gasteiger partial charge in [0.25, 0.3) is 0 Å². The Bertz CT molecular complexity index is 363. The molecule has 1 aromatic carbocycles. The first-order chi connectivity index (χ1) is 8.67. The molecule has 0 saturated carbocycles. The molecule has 0 heterocycles. The van der Waals surface area contributed by atoms with Crippen LogP contribution in [0.25, 0.3) is 0 Å². The van der Waals surface area contributed by atoms with Crippen molar-refractivity contribution in [1.29, 1.82) is 0 Å². The molecule has 2 nitrogen and oxygen atoms in total. The Morgan fingerprint density at radius 2 is 2.17 bits per heavy atom. The minimum Gasteiger partial charge on any atom is -0.395 e. The van der Waals surface area contributed by atoms with Gasteiger partial charge in [-0.05, 0) is 37.3 Å². The fourth-order valence-electron chi connectivity index (χ4n) is 1.51. The van der Waals surface area contributed by atoms with Gasteiger partial charge < -0.3 is 10.4 Å². The Hall–Kier alpha value is -0.650. The van der Waals surface area contributed by atoms with E-state index >= 15 is 0 Å². The minimum atomic E-state index is -0.560.